The number of nitrogens with two attached hydrogens (primary N) is 1. The predicted octanol–water partition coefficient (Wildman–Crippen LogP) is 0.371. The van der Waals surface area contributed by atoms with Crippen molar-refractivity contribution in [3.8, 4) is 0 Å². The lowest BCUT2D eigenvalue weighted by atomic mass is 10.0. The molecule has 1 rings (SSSR count). The van der Waals surface area contributed by atoms with Crippen molar-refractivity contribution < 1.29 is 4.79 Å². The van der Waals surface area contributed by atoms with Crippen LogP contribution in [0.5, 0.6) is 0 Å². The number of amidine groups is 1. The molecule has 66 valence electrons. The van der Waals surface area contributed by atoms with E-state index in [1.54, 1.807) is 13.1 Å². The summed E-state index contributed by atoms with van der Waals surface area (Å²) in [6, 6.07) is 0. The maximum Gasteiger partial charge on any atom is 0.255 e. The maximum atomic E-state index is 11.2. The lowest BCUT2D eigenvalue weighted by molar-refractivity contribution is -0.119. The van der Waals surface area contributed by atoms with Gasteiger partial charge in [-0.1, -0.05) is 0 Å². The fourth-order valence-corrected chi connectivity index (χ4v) is 1.07. The van der Waals surface area contributed by atoms with Crippen LogP contribution >= 0.6 is 0 Å². The fraction of sp³-hybridized carbons (Fsp3) is 0.625. The minimum atomic E-state index is -0.141. The smallest absolute Gasteiger partial charge is 0.255 e. The molecule has 1 aliphatic rings. The van der Waals surface area contributed by atoms with E-state index in [2.05, 4.69) is 9.98 Å². The van der Waals surface area contributed by atoms with Gasteiger partial charge in [-0.25, -0.2) is 4.99 Å². The van der Waals surface area contributed by atoms with Gasteiger partial charge in [-0.15, -0.1) is 0 Å². The Hall–Kier alpha value is -1.03. The molecular formula is C8H13N3O. The predicted molar refractivity (Wildman–Crippen MR) is 48.4 cm³/mol. The number of carbonyl (C=O) groups excluding carboxylic acids is 1. The highest BCUT2D eigenvalue weighted by molar-refractivity contribution is 6.08. The first-order valence-corrected chi connectivity index (χ1v) is 4.07. The molecule has 1 atom stereocenters. The Morgan fingerprint density at radius 1 is 1.67 bits per heavy atom. The molecule has 0 saturated heterocycles. The Labute approximate surface area is 71.6 Å². The van der Waals surface area contributed by atoms with Gasteiger partial charge in [0.25, 0.3) is 5.91 Å². The van der Waals surface area contributed by atoms with Crippen molar-refractivity contribution in [2.24, 2.45) is 21.6 Å². The summed E-state index contributed by atoms with van der Waals surface area (Å²) >= 11 is 0. The van der Waals surface area contributed by atoms with Gasteiger partial charge in [-0.2, -0.15) is 4.99 Å². The van der Waals surface area contributed by atoms with Crippen LogP contribution in [-0.4, -0.2) is 24.5 Å². The molecule has 1 unspecified atom stereocenters. The van der Waals surface area contributed by atoms with Crippen molar-refractivity contribution in [1.29, 1.82) is 0 Å². The van der Waals surface area contributed by atoms with Gasteiger partial charge in [0, 0.05) is 6.21 Å². The molecule has 1 heterocycles. The summed E-state index contributed by atoms with van der Waals surface area (Å²) in [7, 11) is 0. The Balaban J connectivity index is 2.49. The van der Waals surface area contributed by atoms with Crippen molar-refractivity contribution in [2.45, 2.75) is 19.8 Å². The third-order valence-corrected chi connectivity index (χ3v) is 1.75. The molecule has 0 aromatic heterocycles. The van der Waals surface area contributed by atoms with Crippen LogP contribution < -0.4 is 5.73 Å². The second kappa shape index (κ2) is 4.11. The Bertz CT molecular complexity index is 232. The van der Waals surface area contributed by atoms with Crippen molar-refractivity contribution >= 4 is 18.0 Å². The summed E-state index contributed by atoms with van der Waals surface area (Å²) in [5, 5.41) is 0. The van der Waals surface area contributed by atoms with E-state index in [0.29, 0.717) is 12.4 Å². The summed E-state index contributed by atoms with van der Waals surface area (Å²) in [6.07, 6.45) is 3.27. The molecule has 0 spiro atoms. The molecule has 4 heteroatoms. The van der Waals surface area contributed by atoms with E-state index in [0.717, 1.165) is 12.8 Å². The molecule has 4 nitrogen and oxygen atoms in total. The standard InChI is InChI=1S/C8H13N3O/c1-6-10-5-7(3-2-4-9)8(12)11-6/h5,7H,2-4,9H2,1H3. The van der Waals surface area contributed by atoms with E-state index >= 15 is 0 Å². The lowest BCUT2D eigenvalue weighted by Gasteiger charge is -2.10. The van der Waals surface area contributed by atoms with Crippen LogP contribution in [0.3, 0.4) is 0 Å². The molecule has 0 aromatic rings. The average molecular weight is 167 g/mol. The van der Waals surface area contributed by atoms with Crippen molar-refractivity contribution in [2.75, 3.05) is 6.54 Å². The summed E-state index contributed by atoms with van der Waals surface area (Å²) in [5.41, 5.74) is 5.33. The summed E-state index contributed by atoms with van der Waals surface area (Å²) < 4.78 is 0. The molecule has 0 aliphatic carbocycles. The zero-order valence-corrected chi connectivity index (χ0v) is 7.16. The van der Waals surface area contributed by atoms with E-state index in [4.69, 9.17) is 5.73 Å². The van der Waals surface area contributed by atoms with Gasteiger partial charge >= 0.3 is 0 Å². The summed E-state index contributed by atoms with van der Waals surface area (Å²) in [4.78, 5) is 18.9. The molecule has 0 saturated carbocycles. The van der Waals surface area contributed by atoms with Gasteiger partial charge in [-0.3, -0.25) is 4.79 Å². The zero-order chi connectivity index (χ0) is 8.97. The minimum absolute atomic E-state index is 0.0871. The number of nitrogens with zero attached hydrogens (tertiary/aromatic N) is 2. The molecule has 0 fully saturated rings. The van der Waals surface area contributed by atoms with E-state index in [9.17, 15) is 4.79 Å². The van der Waals surface area contributed by atoms with Crippen molar-refractivity contribution in [3.63, 3.8) is 0 Å². The molecule has 12 heavy (non-hydrogen) atoms. The quantitative estimate of drug-likeness (QED) is 0.659. The van der Waals surface area contributed by atoms with Gasteiger partial charge in [0.2, 0.25) is 0 Å². The first-order valence-electron chi connectivity index (χ1n) is 4.07. The fourth-order valence-electron chi connectivity index (χ4n) is 1.07. The van der Waals surface area contributed by atoms with E-state index in [-0.39, 0.29) is 11.8 Å². The number of amides is 1. The molecule has 1 aliphatic heterocycles. The lowest BCUT2D eigenvalue weighted by Crippen LogP contribution is -2.20. The second-order valence-corrected chi connectivity index (χ2v) is 2.81. The topological polar surface area (TPSA) is 67.8 Å². The monoisotopic (exact) mass is 167 g/mol. The number of carbonyl (C=O) groups is 1. The van der Waals surface area contributed by atoms with Crippen LogP contribution in [0, 0.1) is 5.92 Å². The van der Waals surface area contributed by atoms with Crippen LogP contribution in [0.1, 0.15) is 19.8 Å². The molecular weight excluding hydrogens is 154 g/mol. The van der Waals surface area contributed by atoms with Crippen LogP contribution in [0.2, 0.25) is 0 Å². The summed E-state index contributed by atoms with van der Waals surface area (Å²) in [5.74, 6) is 0.317. The minimum Gasteiger partial charge on any atom is -0.330 e. The van der Waals surface area contributed by atoms with Gasteiger partial charge in [0.15, 0.2) is 0 Å². The SMILES string of the molecule is CC1=NC(=O)C(CCCN)C=N1. The first-order chi connectivity index (χ1) is 5.74. The third kappa shape index (κ3) is 2.23. The summed E-state index contributed by atoms with van der Waals surface area (Å²) in [6.45, 7) is 2.33. The number of aliphatic imine (C=N–C) groups is 2. The van der Waals surface area contributed by atoms with Crippen LogP contribution in [-0.2, 0) is 4.79 Å². The molecule has 0 aromatic carbocycles. The van der Waals surface area contributed by atoms with Gasteiger partial charge < -0.3 is 5.73 Å². The van der Waals surface area contributed by atoms with Crippen molar-refractivity contribution in [3.05, 3.63) is 0 Å². The largest absolute Gasteiger partial charge is 0.330 e. The number of hydrogen-bond donors (Lipinski definition) is 1. The molecule has 0 bridgehead atoms. The van der Waals surface area contributed by atoms with E-state index in [1.165, 1.54) is 0 Å². The van der Waals surface area contributed by atoms with Gasteiger partial charge in [-0.05, 0) is 26.3 Å². The van der Waals surface area contributed by atoms with Crippen LogP contribution in [0.15, 0.2) is 9.98 Å². The van der Waals surface area contributed by atoms with Gasteiger partial charge in [0.1, 0.15) is 5.84 Å². The Morgan fingerprint density at radius 3 is 3.00 bits per heavy atom. The third-order valence-electron chi connectivity index (χ3n) is 1.75. The molecule has 1 amide bonds. The number of rotatable bonds is 3. The van der Waals surface area contributed by atoms with E-state index in [1.807, 2.05) is 0 Å². The Morgan fingerprint density at radius 2 is 2.42 bits per heavy atom. The maximum absolute atomic E-state index is 11.2. The van der Waals surface area contributed by atoms with E-state index < -0.39 is 0 Å². The van der Waals surface area contributed by atoms with Crippen LogP contribution in [0.25, 0.3) is 0 Å². The highest BCUT2D eigenvalue weighted by Crippen LogP contribution is 2.09. The number of hydrogen-bond acceptors (Lipinski definition) is 3. The average Bonchev–Trinajstić information content (AvgIpc) is 2.03. The molecule has 0 radical (unpaired) electrons. The van der Waals surface area contributed by atoms with Crippen LogP contribution in [0.4, 0.5) is 0 Å². The van der Waals surface area contributed by atoms with Crippen molar-refractivity contribution in [1.82, 2.24) is 0 Å². The highest BCUT2D eigenvalue weighted by atomic mass is 16.1. The highest BCUT2D eigenvalue weighted by Gasteiger charge is 2.17. The Kier molecular flexibility index (Phi) is 3.10. The second-order valence-electron chi connectivity index (χ2n) is 2.81. The normalized spacial score (nSPS) is 22.7. The van der Waals surface area contributed by atoms with Gasteiger partial charge in [0.05, 0.1) is 5.92 Å². The zero-order valence-electron chi connectivity index (χ0n) is 7.16. The molecule has 2 N–H and O–H groups in total. The first kappa shape index (κ1) is 9.06.